The molecule has 5 nitrogen and oxygen atoms in total. The topological polar surface area (TPSA) is 75.8 Å². The summed E-state index contributed by atoms with van der Waals surface area (Å²) in [6.07, 6.45) is 2.71. The molecular weight excluding hydrogens is 208 g/mol. The number of methoxy groups -OCH3 is 1. The summed E-state index contributed by atoms with van der Waals surface area (Å²) < 4.78 is 4.80. The van der Waals surface area contributed by atoms with Crippen LogP contribution in [0.1, 0.15) is 25.7 Å². The van der Waals surface area contributed by atoms with Crippen LogP contribution < -0.4 is 5.73 Å². The summed E-state index contributed by atoms with van der Waals surface area (Å²) in [5.41, 5.74) is 5.70. The average molecular weight is 230 g/mol. The highest BCUT2D eigenvalue weighted by atomic mass is 16.5. The smallest absolute Gasteiger partial charge is 0.224 e. The van der Waals surface area contributed by atoms with E-state index in [1.54, 1.807) is 7.05 Å². The van der Waals surface area contributed by atoms with Crippen molar-refractivity contribution in [2.24, 2.45) is 5.73 Å². The molecule has 0 heterocycles. The Morgan fingerprint density at radius 2 is 2.25 bits per heavy atom. The van der Waals surface area contributed by atoms with Crippen molar-refractivity contribution in [3.63, 3.8) is 0 Å². The average Bonchev–Trinajstić information content (AvgIpc) is 2.15. The molecule has 1 unspecified atom stereocenters. The van der Waals surface area contributed by atoms with E-state index in [0.29, 0.717) is 13.0 Å². The first kappa shape index (κ1) is 13.4. The standard InChI is InChI=1S/C11H22N2O3/c1-13(7-9(14)8-16-2)10(15)6-11(12)4-3-5-11/h9,14H,3-8,12H2,1-2H3. The van der Waals surface area contributed by atoms with Crippen LogP contribution in [0, 0.1) is 0 Å². The molecule has 16 heavy (non-hydrogen) atoms. The van der Waals surface area contributed by atoms with Crippen LogP contribution in [0.3, 0.4) is 0 Å². The lowest BCUT2D eigenvalue weighted by molar-refractivity contribution is -0.133. The fourth-order valence-electron chi connectivity index (χ4n) is 1.91. The van der Waals surface area contributed by atoms with Crippen LogP contribution >= 0.6 is 0 Å². The van der Waals surface area contributed by atoms with Gasteiger partial charge in [-0.15, -0.1) is 0 Å². The van der Waals surface area contributed by atoms with Crippen LogP contribution in [0.4, 0.5) is 0 Å². The molecule has 1 aliphatic carbocycles. The number of rotatable bonds is 6. The van der Waals surface area contributed by atoms with E-state index in [-0.39, 0.29) is 18.1 Å². The van der Waals surface area contributed by atoms with Crippen molar-refractivity contribution in [3.05, 3.63) is 0 Å². The molecule has 0 aromatic carbocycles. The Labute approximate surface area is 96.6 Å². The van der Waals surface area contributed by atoms with Crippen LogP contribution in [0.15, 0.2) is 0 Å². The van der Waals surface area contributed by atoms with Crippen molar-refractivity contribution >= 4 is 5.91 Å². The maximum absolute atomic E-state index is 11.8. The fraction of sp³-hybridized carbons (Fsp3) is 0.909. The number of amides is 1. The number of likely N-dealkylation sites (N-methyl/N-ethyl adjacent to an activating group) is 1. The number of carbonyl (C=O) groups is 1. The first-order valence-electron chi connectivity index (χ1n) is 5.67. The third-order valence-electron chi connectivity index (χ3n) is 3.12. The molecule has 1 atom stereocenters. The number of carbonyl (C=O) groups excluding carboxylic acids is 1. The first-order valence-corrected chi connectivity index (χ1v) is 5.67. The molecule has 0 aromatic heterocycles. The minimum Gasteiger partial charge on any atom is -0.389 e. The van der Waals surface area contributed by atoms with Crippen molar-refractivity contribution in [1.29, 1.82) is 0 Å². The third kappa shape index (κ3) is 3.73. The van der Waals surface area contributed by atoms with Gasteiger partial charge in [0.05, 0.1) is 12.7 Å². The Hall–Kier alpha value is -0.650. The second-order valence-corrected chi connectivity index (χ2v) is 4.78. The quantitative estimate of drug-likeness (QED) is 0.658. The minimum absolute atomic E-state index is 0.00245. The molecule has 0 radical (unpaired) electrons. The van der Waals surface area contributed by atoms with Crippen molar-refractivity contribution in [2.75, 3.05) is 27.3 Å². The van der Waals surface area contributed by atoms with E-state index in [9.17, 15) is 9.90 Å². The highest BCUT2D eigenvalue weighted by molar-refractivity contribution is 5.77. The number of nitrogens with two attached hydrogens (primary N) is 1. The molecular formula is C11H22N2O3. The van der Waals surface area contributed by atoms with Crippen LogP contribution in [0.25, 0.3) is 0 Å². The van der Waals surface area contributed by atoms with Gasteiger partial charge < -0.3 is 20.5 Å². The van der Waals surface area contributed by atoms with Gasteiger partial charge in [0.1, 0.15) is 0 Å². The molecule has 0 aromatic rings. The highest BCUT2D eigenvalue weighted by Crippen LogP contribution is 2.32. The van der Waals surface area contributed by atoms with Gasteiger partial charge >= 0.3 is 0 Å². The van der Waals surface area contributed by atoms with Gasteiger partial charge in [0.15, 0.2) is 0 Å². The van der Waals surface area contributed by atoms with Crippen LogP contribution in [-0.4, -0.2) is 54.9 Å². The van der Waals surface area contributed by atoms with Crippen molar-refractivity contribution in [2.45, 2.75) is 37.3 Å². The summed E-state index contributed by atoms with van der Waals surface area (Å²) in [5, 5.41) is 9.49. The Bertz CT molecular complexity index is 241. The molecule has 1 amide bonds. The number of hydrogen-bond donors (Lipinski definition) is 2. The van der Waals surface area contributed by atoms with Gasteiger partial charge in [0.2, 0.25) is 5.91 Å². The molecule has 3 N–H and O–H groups in total. The number of aliphatic hydroxyl groups is 1. The molecule has 0 aliphatic heterocycles. The van der Waals surface area contributed by atoms with Crippen molar-refractivity contribution < 1.29 is 14.6 Å². The molecule has 1 rings (SSSR count). The van der Waals surface area contributed by atoms with E-state index < -0.39 is 6.10 Å². The van der Waals surface area contributed by atoms with Gasteiger partial charge in [-0.1, -0.05) is 0 Å². The van der Waals surface area contributed by atoms with Crippen molar-refractivity contribution in [1.82, 2.24) is 4.90 Å². The first-order chi connectivity index (χ1) is 7.47. The van der Waals surface area contributed by atoms with E-state index in [4.69, 9.17) is 10.5 Å². The van der Waals surface area contributed by atoms with Crippen LogP contribution in [0.5, 0.6) is 0 Å². The molecule has 1 fully saturated rings. The van der Waals surface area contributed by atoms with Crippen molar-refractivity contribution in [3.8, 4) is 0 Å². The Balaban J connectivity index is 2.30. The minimum atomic E-state index is -0.630. The zero-order valence-corrected chi connectivity index (χ0v) is 10.1. The van der Waals surface area contributed by atoms with Gasteiger partial charge in [0.25, 0.3) is 0 Å². The fourth-order valence-corrected chi connectivity index (χ4v) is 1.91. The van der Waals surface area contributed by atoms with Gasteiger partial charge in [-0.2, -0.15) is 0 Å². The normalized spacial score (nSPS) is 20.0. The largest absolute Gasteiger partial charge is 0.389 e. The Morgan fingerprint density at radius 1 is 1.62 bits per heavy atom. The highest BCUT2D eigenvalue weighted by Gasteiger charge is 2.35. The predicted molar refractivity (Wildman–Crippen MR) is 60.9 cm³/mol. The van der Waals surface area contributed by atoms with Crippen LogP contribution in [-0.2, 0) is 9.53 Å². The van der Waals surface area contributed by atoms with E-state index in [1.807, 2.05) is 0 Å². The summed E-state index contributed by atoms with van der Waals surface area (Å²) in [6.45, 7) is 0.536. The van der Waals surface area contributed by atoms with E-state index in [1.165, 1.54) is 12.0 Å². The second kappa shape index (κ2) is 5.61. The number of hydrogen-bond acceptors (Lipinski definition) is 4. The summed E-state index contributed by atoms with van der Waals surface area (Å²) >= 11 is 0. The summed E-state index contributed by atoms with van der Waals surface area (Å²) in [7, 11) is 3.21. The Kier molecular flexibility index (Phi) is 4.70. The predicted octanol–water partition coefficient (Wildman–Crippen LogP) is -0.276. The zero-order chi connectivity index (χ0) is 12.2. The lowest BCUT2D eigenvalue weighted by Gasteiger charge is -2.38. The summed E-state index contributed by atoms with van der Waals surface area (Å²) in [6, 6.07) is 0. The summed E-state index contributed by atoms with van der Waals surface area (Å²) in [4.78, 5) is 13.3. The SMILES string of the molecule is COCC(O)CN(C)C(=O)CC1(N)CCC1. The molecule has 5 heteroatoms. The molecule has 94 valence electrons. The van der Waals surface area contributed by atoms with Gasteiger partial charge in [0, 0.05) is 32.7 Å². The van der Waals surface area contributed by atoms with Gasteiger partial charge in [-0.05, 0) is 19.3 Å². The third-order valence-corrected chi connectivity index (χ3v) is 3.12. The zero-order valence-electron chi connectivity index (χ0n) is 10.1. The van der Waals surface area contributed by atoms with E-state index in [2.05, 4.69) is 0 Å². The number of nitrogens with zero attached hydrogens (tertiary/aromatic N) is 1. The van der Waals surface area contributed by atoms with E-state index in [0.717, 1.165) is 19.3 Å². The van der Waals surface area contributed by atoms with E-state index >= 15 is 0 Å². The monoisotopic (exact) mass is 230 g/mol. The van der Waals surface area contributed by atoms with Crippen LogP contribution in [0.2, 0.25) is 0 Å². The molecule has 0 bridgehead atoms. The maximum atomic E-state index is 11.8. The lowest BCUT2D eigenvalue weighted by atomic mass is 9.75. The van der Waals surface area contributed by atoms with Gasteiger partial charge in [-0.25, -0.2) is 0 Å². The second-order valence-electron chi connectivity index (χ2n) is 4.78. The van der Waals surface area contributed by atoms with Gasteiger partial charge in [-0.3, -0.25) is 4.79 Å². The number of ether oxygens (including phenoxy) is 1. The maximum Gasteiger partial charge on any atom is 0.224 e. The molecule has 0 saturated heterocycles. The molecule has 1 saturated carbocycles. The number of aliphatic hydroxyl groups excluding tert-OH is 1. The summed E-state index contributed by atoms with van der Waals surface area (Å²) in [5.74, 6) is -0.00245. The molecule has 0 spiro atoms. The lowest BCUT2D eigenvalue weighted by Crippen LogP contribution is -2.50. The Morgan fingerprint density at radius 3 is 2.69 bits per heavy atom. The molecule has 1 aliphatic rings.